The lowest BCUT2D eigenvalue weighted by atomic mass is 9.64. The first-order valence-electron chi connectivity index (χ1n) is 13.0. The van der Waals surface area contributed by atoms with Crippen molar-refractivity contribution in [3.8, 4) is 11.5 Å². The lowest BCUT2D eigenvalue weighted by Gasteiger charge is -2.33. The molecule has 0 aromatic heterocycles. The van der Waals surface area contributed by atoms with Crippen LogP contribution in [0.15, 0.2) is 30.3 Å². The Kier molecular flexibility index (Phi) is 8.52. The molecule has 0 radical (unpaired) electrons. The molecule has 2 heterocycles. The molecule has 2 atom stereocenters. The minimum absolute atomic E-state index is 0.00728. The van der Waals surface area contributed by atoms with Crippen molar-refractivity contribution >= 4 is 42.7 Å². The number of carbonyl (C=O) groups excluding carboxylic acids is 4. The van der Waals surface area contributed by atoms with Gasteiger partial charge in [0.1, 0.15) is 28.7 Å². The van der Waals surface area contributed by atoms with E-state index in [-0.39, 0.29) is 42.9 Å². The van der Waals surface area contributed by atoms with Gasteiger partial charge in [-0.05, 0) is 49.1 Å². The number of fused-ring (bicyclic) bond motifs is 1. The molecule has 220 valence electrons. The highest BCUT2D eigenvalue weighted by atomic mass is 16.5. The van der Waals surface area contributed by atoms with E-state index >= 15 is 0 Å². The largest absolute Gasteiger partial charge is 0.535 e. The van der Waals surface area contributed by atoms with Crippen molar-refractivity contribution in [1.82, 2.24) is 15.1 Å². The maximum Gasteiger partial charge on any atom is 0.526 e. The first-order valence-corrected chi connectivity index (χ1v) is 13.0. The molecule has 0 saturated carbocycles. The molecule has 2 aromatic carbocycles. The number of imide groups is 1. The molecule has 2 aromatic rings. The standard InChI is InChI=1S/C27H28BN3O11/c1-3-30-8-9-31(24(35)23(30)34)27(40)29-21(14-6-7-17(25(36)37)18(32)11-14)19(33)12-16-10-15-5-4-13(2)20(26(38)39)22(15)42-28(16)41/h4-7,11,16,21,32,41H,3,8-10,12H2,1-2H3,(H,29,40)(H,36,37)(H,38,39)/t16-,21?/m1/s1. The summed E-state index contributed by atoms with van der Waals surface area (Å²) in [5, 5.41) is 42.2. The van der Waals surface area contributed by atoms with E-state index in [1.807, 2.05) is 0 Å². The van der Waals surface area contributed by atoms with E-state index < -0.39 is 72.3 Å². The van der Waals surface area contributed by atoms with Crippen molar-refractivity contribution in [3.05, 3.63) is 58.1 Å². The molecule has 1 fully saturated rings. The summed E-state index contributed by atoms with van der Waals surface area (Å²) in [6.45, 7) is 3.47. The Morgan fingerprint density at radius 1 is 1.07 bits per heavy atom. The number of piperazine rings is 1. The highest BCUT2D eigenvalue weighted by Crippen LogP contribution is 2.38. The van der Waals surface area contributed by atoms with Crippen molar-refractivity contribution in [2.75, 3.05) is 19.6 Å². The number of carboxylic acid groups (broad SMARTS) is 2. The number of nitrogens with one attached hydrogen (secondary N) is 1. The number of carbonyl (C=O) groups is 6. The molecule has 2 aliphatic rings. The molecular weight excluding hydrogens is 553 g/mol. The van der Waals surface area contributed by atoms with Gasteiger partial charge in [-0.3, -0.25) is 19.3 Å². The highest BCUT2D eigenvalue weighted by molar-refractivity contribution is 6.47. The molecule has 1 unspecified atom stereocenters. The summed E-state index contributed by atoms with van der Waals surface area (Å²) in [4.78, 5) is 76.7. The second kappa shape index (κ2) is 11.9. The zero-order valence-electron chi connectivity index (χ0n) is 22.7. The average Bonchev–Trinajstić information content (AvgIpc) is 2.93. The van der Waals surface area contributed by atoms with Gasteiger partial charge in [0.25, 0.3) is 0 Å². The topological polar surface area (TPSA) is 211 Å². The molecule has 4 amide bonds. The summed E-state index contributed by atoms with van der Waals surface area (Å²) < 4.78 is 5.52. The van der Waals surface area contributed by atoms with Crippen molar-refractivity contribution in [2.24, 2.45) is 0 Å². The van der Waals surface area contributed by atoms with Gasteiger partial charge in [-0.1, -0.05) is 18.2 Å². The van der Waals surface area contributed by atoms with Crippen molar-refractivity contribution < 1.29 is 53.8 Å². The van der Waals surface area contributed by atoms with E-state index in [2.05, 4.69) is 5.32 Å². The number of amides is 4. The number of hydrogen-bond donors (Lipinski definition) is 5. The molecule has 4 rings (SSSR count). The predicted octanol–water partition coefficient (Wildman–Crippen LogP) is 0.983. The Morgan fingerprint density at radius 3 is 2.40 bits per heavy atom. The number of aryl methyl sites for hydroxylation is 1. The smallest absolute Gasteiger partial charge is 0.526 e. The Balaban J connectivity index is 1.62. The van der Waals surface area contributed by atoms with Crippen LogP contribution in [0, 0.1) is 6.92 Å². The third-order valence-electron chi connectivity index (χ3n) is 7.36. The third kappa shape index (κ3) is 5.77. The van der Waals surface area contributed by atoms with Crippen LogP contribution in [0.4, 0.5) is 4.79 Å². The van der Waals surface area contributed by atoms with Crippen LogP contribution in [0.5, 0.6) is 11.5 Å². The van der Waals surface area contributed by atoms with Crippen LogP contribution in [0.2, 0.25) is 5.82 Å². The Bertz CT molecular complexity index is 1490. The highest BCUT2D eigenvalue weighted by Gasteiger charge is 2.41. The average molecular weight is 581 g/mol. The van der Waals surface area contributed by atoms with Crippen molar-refractivity contribution in [1.29, 1.82) is 0 Å². The fraction of sp³-hybridized carbons (Fsp3) is 0.333. The van der Waals surface area contributed by atoms with Gasteiger partial charge < -0.3 is 35.2 Å². The molecular formula is C27H28BN3O11. The summed E-state index contributed by atoms with van der Waals surface area (Å²) in [6, 6.07) is 3.85. The minimum atomic E-state index is -1.58. The van der Waals surface area contributed by atoms with Crippen molar-refractivity contribution in [3.63, 3.8) is 0 Å². The van der Waals surface area contributed by atoms with Crippen LogP contribution in [-0.4, -0.2) is 92.5 Å². The molecule has 0 spiro atoms. The van der Waals surface area contributed by atoms with Crippen LogP contribution in [0.3, 0.4) is 0 Å². The zero-order chi connectivity index (χ0) is 30.9. The summed E-state index contributed by atoms with van der Waals surface area (Å²) in [6.07, 6.45) is -0.349. The van der Waals surface area contributed by atoms with E-state index in [9.17, 15) is 49.1 Å². The van der Waals surface area contributed by atoms with Gasteiger partial charge in [0, 0.05) is 31.9 Å². The molecule has 2 aliphatic heterocycles. The second-order valence-electron chi connectivity index (χ2n) is 10.00. The predicted molar refractivity (Wildman–Crippen MR) is 144 cm³/mol. The van der Waals surface area contributed by atoms with Gasteiger partial charge in [-0.25, -0.2) is 14.4 Å². The number of benzene rings is 2. The molecule has 14 nitrogen and oxygen atoms in total. The van der Waals surface area contributed by atoms with Crippen LogP contribution in [0.25, 0.3) is 0 Å². The lowest BCUT2D eigenvalue weighted by Crippen LogP contribution is -2.58. The van der Waals surface area contributed by atoms with Crippen molar-refractivity contribution in [2.45, 2.75) is 38.5 Å². The van der Waals surface area contributed by atoms with E-state index in [0.29, 0.717) is 16.0 Å². The Hall–Kier alpha value is -4.92. The number of carboxylic acids is 2. The zero-order valence-corrected chi connectivity index (χ0v) is 22.7. The summed E-state index contributed by atoms with van der Waals surface area (Å²) >= 11 is 0. The Labute approximate surface area is 239 Å². The maximum atomic E-state index is 13.6. The number of aromatic hydroxyl groups is 1. The second-order valence-corrected chi connectivity index (χ2v) is 10.00. The molecule has 1 saturated heterocycles. The lowest BCUT2D eigenvalue weighted by molar-refractivity contribution is -0.153. The van der Waals surface area contributed by atoms with E-state index in [0.717, 1.165) is 12.1 Å². The first-order chi connectivity index (χ1) is 19.8. The molecule has 15 heteroatoms. The number of Topliss-reactive ketones (excluding diaryl/α,β-unsaturated/α-hetero) is 1. The number of phenols is 1. The van der Waals surface area contributed by atoms with Crippen LogP contribution in [-0.2, 0) is 20.8 Å². The minimum Gasteiger partial charge on any atom is -0.535 e. The maximum absolute atomic E-state index is 13.6. The fourth-order valence-corrected chi connectivity index (χ4v) is 5.07. The molecule has 0 bridgehead atoms. The van der Waals surface area contributed by atoms with Gasteiger partial charge in [0.05, 0.1) is 0 Å². The number of aromatic carboxylic acids is 2. The quantitative estimate of drug-likeness (QED) is 0.219. The number of hydrogen-bond acceptors (Lipinski definition) is 9. The fourth-order valence-electron chi connectivity index (χ4n) is 5.07. The van der Waals surface area contributed by atoms with Gasteiger partial charge in [0.15, 0.2) is 5.78 Å². The number of urea groups is 1. The van der Waals surface area contributed by atoms with E-state index in [1.165, 1.54) is 11.0 Å². The summed E-state index contributed by atoms with van der Waals surface area (Å²) in [5.74, 6) is -6.91. The van der Waals surface area contributed by atoms with E-state index in [4.69, 9.17) is 4.65 Å². The SMILES string of the molecule is CCN1CCN(C(=O)NC(C(=O)C[C@H]2Cc3ccc(C)c(C(=O)O)c3OB2O)c2ccc(C(=O)O)c(O)c2)C(=O)C1=O. The number of ketones is 1. The Morgan fingerprint density at radius 2 is 1.79 bits per heavy atom. The molecule has 5 N–H and O–H groups in total. The number of nitrogens with zero attached hydrogens (tertiary/aromatic N) is 2. The number of rotatable bonds is 8. The van der Waals surface area contributed by atoms with Crippen LogP contribution in [0.1, 0.15) is 56.8 Å². The normalized spacial score (nSPS) is 17.3. The van der Waals surface area contributed by atoms with Gasteiger partial charge >= 0.3 is 36.9 Å². The number of likely N-dealkylation sites (N-methyl/N-ethyl adjacent to an activating group) is 1. The van der Waals surface area contributed by atoms with E-state index in [1.54, 1.807) is 26.0 Å². The van der Waals surface area contributed by atoms with Crippen LogP contribution >= 0.6 is 0 Å². The first kappa shape index (κ1) is 30.1. The molecule has 0 aliphatic carbocycles. The monoisotopic (exact) mass is 581 g/mol. The summed E-state index contributed by atoms with van der Waals surface area (Å²) in [7, 11) is -1.58. The molecule has 42 heavy (non-hydrogen) atoms. The van der Waals surface area contributed by atoms with Gasteiger partial charge in [-0.2, -0.15) is 0 Å². The summed E-state index contributed by atoms with van der Waals surface area (Å²) in [5.41, 5.74) is 0.284. The van der Waals surface area contributed by atoms with Crippen LogP contribution < -0.4 is 9.97 Å². The van der Waals surface area contributed by atoms with Gasteiger partial charge in [-0.15, -0.1) is 0 Å². The third-order valence-corrected chi connectivity index (χ3v) is 7.36. The van der Waals surface area contributed by atoms with Gasteiger partial charge in [0.2, 0.25) is 0 Å².